The fourth-order valence-electron chi connectivity index (χ4n) is 2.96. The summed E-state index contributed by atoms with van der Waals surface area (Å²) in [5, 5.41) is 12.1. The summed E-state index contributed by atoms with van der Waals surface area (Å²) < 4.78 is 11.3. The van der Waals surface area contributed by atoms with Crippen LogP contribution in [0.4, 0.5) is 5.82 Å². The highest BCUT2D eigenvalue weighted by molar-refractivity contribution is 5.35. The average molecular weight is 330 g/mol. The summed E-state index contributed by atoms with van der Waals surface area (Å²) in [5.74, 6) is 2.96. The predicted octanol–water partition coefficient (Wildman–Crippen LogP) is 1.07. The molecule has 0 radical (unpaired) electrons. The van der Waals surface area contributed by atoms with E-state index in [1.54, 1.807) is 6.20 Å². The molecule has 1 aliphatic heterocycles. The third-order valence-electron chi connectivity index (χ3n) is 4.43. The van der Waals surface area contributed by atoms with Crippen LogP contribution in [0.5, 0.6) is 0 Å². The van der Waals surface area contributed by atoms with Gasteiger partial charge in [-0.2, -0.15) is 10.1 Å². The lowest BCUT2D eigenvalue weighted by Crippen LogP contribution is -2.46. The SMILES string of the molecule is CN(C[C@H]1CN(Cc2nc(C3CC3)no2)CCO1)c1cccnn1. The van der Waals surface area contributed by atoms with E-state index in [0.29, 0.717) is 25.0 Å². The first kappa shape index (κ1) is 15.5. The Labute approximate surface area is 140 Å². The van der Waals surface area contributed by atoms with Crippen molar-refractivity contribution >= 4 is 5.82 Å². The largest absolute Gasteiger partial charge is 0.374 e. The van der Waals surface area contributed by atoms with Crippen LogP contribution < -0.4 is 4.90 Å². The number of aromatic nitrogens is 4. The van der Waals surface area contributed by atoms with Crippen molar-refractivity contribution in [3.05, 3.63) is 30.0 Å². The van der Waals surface area contributed by atoms with Gasteiger partial charge in [-0.05, 0) is 25.0 Å². The van der Waals surface area contributed by atoms with E-state index in [4.69, 9.17) is 9.26 Å². The number of hydrogen-bond acceptors (Lipinski definition) is 8. The van der Waals surface area contributed by atoms with Gasteiger partial charge >= 0.3 is 0 Å². The molecular weight excluding hydrogens is 308 g/mol. The molecule has 0 spiro atoms. The fourth-order valence-corrected chi connectivity index (χ4v) is 2.96. The quantitative estimate of drug-likeness (QED) is 0.778. The molecule has 2 aromatic heterocycles. The van der Waals surface area contributed by atoms with E-state index in [0.717, 1.165) is 31.3 Å². The van der Waals surface area contributed by atoms with Crippen LogP contribution in [0.1, 0.15) is 30.5 Å². The van der Waals surface area contributed by atoms with E-state index in [1.165, 1.54) is 12.8 Å². The second-order valence-corrected chi connectivity index (χ2v) is 6.51. The Balaban J connectivity index is 1.31. The molecule has 128 valence electrons. The van der Waals surface area contributed by atoms with Crippen LogP contribution in [-0.4, -0.2) is 64.6 Å². The first-order valence-corrected chi connectivity index (χ1v) is 8.43. The molecule has 24 heavy (non-hydrogen) atoms. The maximum atomic E-state index is 5.89. The second-order valence-electron chi connectivity index (χ2n) is 6.51. The zero-order valence-electron chi connectivity index (χ0n) is 13.8. The van der Waals surface area contributed by atoms with E-state index in [9.17, 15) is 0 Å². The molecule has 4 rings (SSSR count). The van der Waals surface area contributed by atoms with Crippen LogP contribution in [-0.2, 0) is 11.3 Å². The Morgan fingerprint density at radius 2 is 2.29 bits per heavy atom. The molecule has 3 heterocycles. The van der Waals surface area contributed by atoms with Gasteiger partial charge in [0.05, 0.1) is 19.3 Å². The third-order valence-corrected chi connectivity index (χ3v) is 4.43. The van der Waals surface area contributed by atoms with Crippen LogP contribution in [0.3, 0.4) is 0 Å². The van der Waals surface area contributed by atoms with Crippen molar-refractivity contribution in [1.82, 2.24) is 25.2 Å². The number of rotatable bonds is 6. The number of ether oxygens (including phenoxy) is 1. The standard InChI is InChI=1S/C16H22N6O2/c1-21(14-3-2-6-17-19-14)9-13-10-22(7-8-23-13)11-15-18-16(20-24-15)12-4-5-12/h2-3,6,12-13H,4-5,7-11H2,1H3/t13-/m0/s1. The molecule has 0 amide bonds. The van der Waals surface area contributed by atoms with Crippen LogP contribution >= 0.6 is 0 Å². The van der Waals surface area contributed by atoms with E-state index in [2.05, 4.69) is 30.1 Å². The molecule has 8 heteroatoms. The number of anilines is 1. The van der Waals surface area contributed by atoms with E-state index >= 15 is 0 Å². The molecule has 2 aromatic rings. The Kier molecular flexibility index (Phi) is 4.40. The lowest BCUT2D eigenvalue weighted by molar-refractivity contribution is -0.0292. The summed E-state index contributed by atoms with van der Waals surface area (Å²) in [4.78, 5) is 8.89. The van der Waals surface area contributed by atoms with Gasteiger partial charge in [0.1, 0.15) is 0 Å². The Bertz CT molecular complexity index is 660. The molecule has 8 nitrogen and oxygen atoms in total. The summed E-state index contributed by atoms with van der Waals surface area (Å²) in [6.45, 7) is 3.89. The molecule has 1 aliphatic carbocycles. The van der Waals surface area contributed by atoms with Gasteiger partial charge in [-0.1, -0.05) is 5.16 Å². The van der Waals surface area contributed by atoms with Crippen molar-refractivity contribution in [2.75, 3.05) is 38.2 Å². The molecule has 0 unspecified atom stereocenters. The van der Waals surface area contributed by atoms with Crippen molar-refractivity contribution in [2.24, 2.45) is 0 Å². The lowest BCUT2D eigenvalue weighted by atomic mass is 10.2. The zero-order valence-corrected chi connectivity index (χ0v) is 13.8. The van der Waals surface area contributed by atoms with Gasteiger partial charge in [-0.15, -0.1) is 5.10 Å². The zero-order chi connectivity index (χ0) is 16.4. The molecule has 1 saturated carbocycles. The Morgan fingerprint density at radius 1 is 1.38 bits per heavy atom. The first-order valence-electron chi connectivity index (χ1n) is 8.43. The summed E-state index contributed by atoms with van der Waals surface area (Å²) in [6.07, 6.45) is 4.17. The number of hydrogen-bond donors (Lipinski definition) is 0. The molecule has 2 aliphatic rings. The Morgan fingerprint density at radius 3 is 3.08 bits per heavy atom. The molecule has 1 atom stereocenters. The smallest absolute Gasteiger partial charge is 0.240 e. The van der Waals surface area contributed by atoms with Gasteiger partial charge in [0.15, 0.2) is 11.6 Å². The number of likely N-dealkylation sites (N-methyl/N-ethyl adjacent to an activating group) is 1. The summed E-state index contributed by atoms with van der Waals surface area (Å²) >= 11 is 0. The number of nitrogens with zero attached hydrogens (tertiary/aromatic N) is 6. The highest BCUT2D eigenvalue weighted by atomic mass is 16.5. The van der Waals surface area contributed by atoms with Gasteiger partial charge in [-0.3, -0.25) is 4.90 Å². The second kappa shape index (κ2) is 6.82. The minimum Gasteiger partial charge on any atom is -0.374 e. The molecule has 0 bridgehead atoms. The summed E-state index contributed by atoms with van der Waals surface area (Å²) in [7, 11) is 2.01. The third kappa shape index (κ3) is 3.70. The van der Waals surface area contributed by atoms with Gasteiger partial charge in [0.25, 0.3) is 0 Å². The maximum Gasteiger partial charge on any atom is 0.240 e. The van der Waals surface area contributed by atoms with Crippen molar-refractivity contribution in [3.63, 3.8) is 0 Å². The van der Waals surface area contributed by atoms with Crippen molar-refractivity contribution in [1.29, 1.82) is 0 Å². The molecule has 0 N–H and O–H groups in total. The average Bonchev–Trinajstić information content (AvgIpc) is 3.36. The van der Waals surface area contributed by atoms with E-state index in [1.807, 2.05) is 19.2 Å². The monoisotopic (exact) mass is 330 g/mol. The van der Waals surface area contributed by atoms with Crippen LogP contribution in [0.25, 0.3) is 0 Å². The lowest BCUT2D eigenvalue weighted by Gasteiger charge is -2.34. The minimum absolute atomic E-state index is 0.122. The summed E-state index contributed by atoms with van der Waals surface area (Å²) in [5.41, 5.74) is 0. The van der Waals surface area contributed by atoms with Gasteiger partial charge in [0, 0.05) is 38.8 Å². The van der Waals surface area contributed by atoms with Gasteiger partial charge in [-0.25, -0.2) is 0 Å². The maximum absolute atomic E-state index is 5.89. The normalized spacial score (nSPS) is 21.8. The highest BCUT2D eigenvalue weighted by Crippen LogP contribution is 2.38. The summed E-state index contributed by atoms with van der Waals surface area (Å²) in [6, 6.07) is 3.84. The Hall–Kier alpha value is -2.06. The van der Waals surface area contributed by atoms with E-state index < -0.39 is 0 Å². The topological polar surface area (TPSA) is 80.4 Å². The molecule has 1 saturated heterocycles. The van der Waals surface area contributed by atoms with Crippen LogP contribution in [0.2, 0.25) is 0 Å². The van der Waals surface area contributed by atoms with Crippen LogP contribution in [0.15, 0.2) is 22.9 Å². The predicted molar refractivity (Wildman–Crippen MR) is 86.6 cm³/mol. The highest BCUT2D eigenvalue weighted by Gasteiger charge is 2.29. The van der Waals surface area contributed by atoms with Crippen molar-refractivity contribution in [2.45, 2.75) is 31.4 Å². The van der Waals surface area contributed by atoms with E-state index in [-0.39, 0.29) is 6.10 Å². The fraction of sp³-hybridized carbons (Fsp3) is 0.625. The number of morpholine rings is 1. The minimum atomic E-state index is 0.122. The first-order chi connectivity index (χ1) is 11.8. The molecule has 0 aromatic carbocycles. The van der Waals surface area contributed by atoms with Gasteiger partial charge < -0.3 is 14.2 Å². The van der Waals surface area contributed by atoms with Gasteiger partial charge in [0.2, 0.25) is 5.89 Å². The van der Waals surface area contributed by atoms with Crippen molar-refractivity contribution < 1.29 is 9.26 Å². The molecule has 2 fully saturated rings. The van der Waals surface area contributed by atoms with Crippen LogP contribution in [0, 0.1) is 0 Å². The van der Waals surface area contributed by atoms with Crippen molar-refractivity contribution in [3.8, 4) is 0 Å². The molecular formula is C16H22N6O2.